The van der Waals surface area contributed by atoms with Crippen LogP contribution in [0.2, 0.25) is 0 Å². The second-order valence-corrected chi connectivity index (χ2v) is 1.67. The molecule has 0 saturated heterocycles. The van der Waals surface area contributed by atoms with Gasteiger partial charge in [0.15, 0.2) is 0 Å². The summed E-state index contributed by atoms with van der Waals surface area (Å²) in [5.74, 6) is 0. The second-order valence-electron chi connectivity index (χ2n) is 1.67. The van der Waals surface area contributed by atoms with Crippen molar-refractivity contribution in [2.45, 2.75) is 13.8 Å². The van der Waals surface area contributed by atoms with Crippen LogP contribution in [0, 0.1) is 0 Å². The predicted molar refractivity (Wildman–Crippen MR) is 37.6 cm³/mol. The van der Waals surface area contributed by atoms with Gasteiger partial charge in [0.25, 0.3) is 0 Å². The summed E-state index contributed by atoms with van der Waals surface area (Å²) in [6, 6.07) is 0. The minimum atomic E-state index is 0.630. The summed E-state index contributed by atoms with van der Waals surface area (Å²) < 4.78 is 0. The molecule has 0 rings (SSSR count). The van der Waals surface area contributed by atoms with Crippen molar-refractivity contribution in [3.05, 3.63) is 23.8 Å². The smallest absolute Gasteiger partial charge is 0.0110 e. The van der Waals surface area contributed by atoms with Crippen molar-refractivity contribution in [1.29, 1.82) is 0 Å². The summed E-state index contributed by atoms with van der Waals surface area (Å²) in [7, 11) is 0. The van der Waals surface area contributed by atoms with Crippen molar-refractivity contribution < 1.29 is 0 Å². The van der Waals surface area contributed by atoms with E-state index in [1.54, 1.807) is 0 Å². The van der Waals surface area contributed by atoms with Crippen LogP contribution in [0.3, 0.4) is 0 Å². The first-order valence-electron chi connectivity index (χ1n) is 2.80. The van der Waals surface area contributed by atoms with Gasteiger partial charge in [0.05, 0.1) is 0 Å². The first kappa shape index (κ1) is 7.44. The Labute approximate surface area is 50.9 Å². The fraction of sp³-hybridized carbons (Fsp3) is 0.429. The van der Waals surface area contributed by atoms with Crippen LogP contribution in [-0.4, -0.2) is 6.54 Å². The molecule has 0 aliphatic carbocycles. The Balaban J connectivity index is 3.53. The van der Waals surface area contributed by atoms with Crippen LogP contribution < -0.4 is 5.73 Å². The molecule has 0 fully saturated rings. The maximum absolute atomic E-state index is 5.22. The quantitative estimate of drug-likeness (QED) is 0.536. The van der Waals surface area contributed by atoms with E-state index in [9.17, 15) is 0 Å². The standard InChI is InChI=1S/C7H13N/c1-3-7(2)5-4-6-8/h3-5H,6,8H2,1-2H3/b5-4-,7-3-. The van der Waals surface area contributed by atoms with E-state index < -0.39 is 0 Å². The Bertz CT molecular complexity index is 101. The van der Waals surface area contributed by atoms with Gasteiger partial charge >= 0.3 is 0 Å². The Hall–Kier alpha value is -0.560. The van der Waals surface area contributed by atoms with E-state index in [1.807, 2.05) is 32.1 Å². The van der Waals surface area contributed by atoms with Crippen LogP contribution >= 0.6 is 0 Å². The summed E-state index contributed by atoms with van der Waals surface area (Å²) in [6.07, 6.45) is 6.00. The van der Waals surface area contributed by atoms with E-state index in [0.29, 0.717) is 6.54 Å². The SMILES string of the molecule is C/C=C(C)\C=C/CN. The van der Waals surface area contributed by atoms with Crippen LogP contribution in [0.15, 0.2) is 23.8 Å². The third-order valence-electron chi connectivity index (χ3n) is 0.972. The molecule has 0 bridgehead atoms. The van der Waals surface area contributed by atoms with Crippen LogP contribution in [0.5, 0.6) is 0 Å². The lowest BCUT2D eigenvalue weighted by Crippen LogP contribution is -1.91. The summed E-state index contributed by atoms with van der Waals surface area (Å²) in [5.41, 5.74) is 6.48. The van der Waals surface area contributed by atoms with Gasteiger partial charge in [-0.1, -0.05) is 23.8 Å². The second kappa shape index (κ2) is 4.60. The molecule has 2 N–H and O–H groups in total. The largest absolute Gasteiger partial charge is 0.327 e. The third-order valence-corrected chi connectivity index (χ3v) is 0.972. The zero-order valence-corrected chi connectivity index (χ0v) is 5.52. The van der Waals surface area contributed by atoms with E-state index in [2.05, 4.69) is 0 Å². The average Bonchev–Trinajstić information content (AvgIpc) is 1.83. The van der Waals surface area contributed by atoms with Gasteiger partial charge in [0, 0.05) is 6.54 Å². The van der Waals surface area contributed by atoms with Crippen molar-refractivity contribution in [1.82, 2.24) is 0 Å². The van der Waals surface area contributed by atoms with Gasteiger partial charge in [-0.3, -0.25) is 0 Å². The molecule has 0 aromatic heterocycles. The van der Waals surface area contributed by atoms with Crippen LogP contribution in [0.25, 0.3) is 0 Å². The van der Waals surface area contributed by atoms with Gasteiger partial charge in [-0.25, -0.2) is 0 Å². The molecule has 0 heterocycles. The Morgan fingerprint density at radius 2 is 2.25 bits per heavy atom. The molecule has 0 amide bonds. The first-order chi connectivity index (χ1) is 3.81. The molecule has 1 nitrogen and oxygen atoms in total. The summed E-state index contributed by atoms with van der Waals surface area (Å²) in [4.78, 5) is 0. The van der Waals surface area contributed by atoms with Crippen molar-refractivity contribution in [2.75, 3.05) is 6.54 Å². The van der Waals surface area contributed by atoms with E-state index in [-0.39, 0.29) is 0 Å². The van der Waals surface area contributed by atoms with Gasteiger partial charge in [-0.2, -0.15) is 0 Å². The third kappa shape index (κ3) is 3.62. The monoisotopic (exact) mass is 111 g/mol. The lowest BCUT2D eigenvalue weighted by molar-refractivity contribution is 1.25. The Morgan fingerprint density at radius 1 is 1.62 bits per heavy atom. The lowest BCUT2D eigenvalue weighted by Gasteiger charge is -1.84. The molecule has 0 aromatic carbocycles. The van der Waals surface area contributed by atoms with Crippen molar-refractivity contribution in [2.24, 2.45) is 5.73 Å². The number of hydrogen-bond donors (Lipinski definition) is 1. The number of allylic oxidation sites excluding steroid dienone is 3. The maximum Gasteiger partial charge on any atom is 0.0110 e. The van der Waals surface area contributed by atoms with Crippen LogP contribution in [0.4, 0.5) is 0 Å². The highest BCUT2D eigenvalue weighted by Gasteiger charge is 1.72. The number of nitrogens with two attached hydrogens (primary N) is 1. The highest BCUT2D eigenvalue weighted by Crippen LogP contribution is 1.91. The minimum Gasteiger partial charge on any atom is -0.327 e. The van der Waals surface area contributed by atoms with Crippen molar-refractivity contribution >= 4 is 0 Å². The Morgan fingerprint density at radius 3 is 2.62 bits per heavy atom. The van der Waals surface area contributed by atoms with E-state index >= 15 is 0 Å². The topological polar surface area (TPSA) is 26.0 Å². The highest BCUT2D eigenvalue weighted by atomic mass is 14.5. The summed E-state index contributed by atoms with van der Waals surface area (Å²) >= 11 is 0. The molecule has 1 heteroatoms. The highest BCUT2D eigenvalue weighted by molar-refractivity contribution is 5.14. The molecule has 46 valence electrons. The van der Waals surface area contributed by atoms with Gasteiger partial charge in [0.1, 0.15) is 0 Å². The van der Waals surface area contributed by atoms with Gasteiger partial charge in [-0.15, -0.1) is 0 Å². The normalized spacial score (nSPS) is 13.1. The lowest BCUT2D eigenvalue weighted by atomic mass is 10.3. The van der Waals surface area contributed by atoms with Gasteiger partial charge < -0.3 is 5.73 Å². The molecule has 0 saturated carbocycles. The molecule has 0 atom stereocenters. The molecule has 0 spiro atoms. The van der Waals surface area contributed by atoms with E-state index in [4.69, 9.17) is 5.73 Å². The summed E-state index contributed by atoms with van der Waals surface area (Å²) in [5, 5.41) is 0. The number of rotatable bonds is 2. The molecule has 0 unspecified atom stereocenters. The first-order valence-corrected chi connectivity index (χ1v) is 2.80. The van der Waals surface area contributed by atoms with Crippen molar-refractivity contribution in [3.8, 4) is 0 Å². The molecule has 0 radical (unpaired) electrons. The van der Waals surface area contributed by atoms with E-state index in [1.165, 1.54) is 5.57 Å². The molecular weight excluding hydrogens is 98.1 g/mol. The summed E-state index contributed by atoms with van der Waals surface area (Å²) in [6.45, 7) is 4.69. The molecule has 0 aliphatic rings. The van der Waals surface area contributed by atoms with Gasteiger partial charge in [0.2, 0.25) is 0 Å². The molecule has 0 aliphatic heterocycles. The fourth-order valence-electron chi connectivity index (χ4n) is 0.350. The van der Waals surface area contributed by atoms with Gasteiger partial charge in [-0.05, 0) is 13.8 Å². The average molecular weight is 111 g/mol. The zero-order valence-electron chi connectivity index (χ0n) is 5.52. The van der Waals surface area contributed by atoms with E-state index in [0.717, 1.165) is 0 Å². The maximum atomic E-state index is 5.22. The number of hydrogen-bond acceptors (Lipinski definition) is 1. The minimum absolute atomic E-state index is 0.630. The van der Waals surface area contributed by atoms with Crippen molar-refractivity contribution in [3.63, 3.8) is 0 Å². The van der Waals surface area contributed by atoms with Crippen LogP contribution in [0.1, 0.15) is 13.8 Å². The predicted octanol–water partition coefficient (Wildman–Crippen LogP) is 1.47. The molecule has 8 heavy (non-hydrogen) atoms. The fourth-order valence-corrected chi connectivity index (χ4v) is 0.350. The molecule has 0 aromatic rings. The zero-order chi connectivity index (χ0) is 6.41. The molecular formula is C7H13N. The van der Waals surface area contributed by atoms with Crippen LogP contribution in [-0.2, 0) is 0 Å². The Kier molecular flexibility index (Phi) is 4.27.